The summed E-state index contributed by atoms with van der Waals surface area (Å²) in [6.07, 6.45) is 1.28. The van der Waals surface area contributed by atoms with E-state index in [1.165, 1.54) is 26.3 Å². The Labute approximate surface area is 161 Å². The lowest BCUT2D eigenvalue weighted by molar-refractivity contribution is -0.385. The van der Waals surface area contributed by atoms with E-state index in [-0.39, 0.29) is 5.69 Å². The number of hydrogen-bond donors (Lipinski definition) is 2. The minimum atomic E-state index is -0.994. The van der Waals surface area contributed by atoms with Crippen molar-refractivity contribution in [1.82, 2.24) is 5.43 Å². The summed E-state index contributed by atoms with van der Waals surface area (Å²) in [4.78, 5) is 34.7. The predicted molar refractivity (Wildman–Crippen MR) is 104 cm³/mol. The van der Waals surface area contributed by atoms with Crippen molar-refractivity contribution in [2.45, 2.75) is 13.8 Å². The van der Waals surface area contributed by atoms with Crippen molar-refractivity contribution in [3.8, 4) is 5.75 Å². The maximum Gasteiger partial charge on any atom is 0.272 e. The van der Waals surface area contributed by atoms with Crippen LogP contribution in [0.3, 0.4) is 0 Å². The summed E-state index contributed by atoms with van der Waals surface area (Å²) in [6.45, 7) is 3.07. The molecular formula is C19H20N4O5. The molecular weight excluding hydrogens is 364 g/mol. The molecule has 2 N–H and O–H groups in total. The van der Waals surface area contributed by atoms with Gasteiger partial charge in [-0.15, -0.1) is 0 Å². The smallest absolute Gasteiger partial charge is 0.272 e. The van der Waals surface area contributed by atoms with Crippen LogP contribution >= 0.6 is 0 Å². The van der Waals surface area contributed by atoms with E-state index in [0.717, 1.165) is 0 Å². The molecule has 2 aromatic rings. The van der Waals surface area contributed by atoms with Gasteiger partial charge in [-0.2, -0.15) is 5.10 Å². The number of rotatable bonds is 7. The highest BCUT2D eigenvalue weighted by Gasteiger charge is 2.21. The molecule has 0 saturated carbocycles. The fourth-order valence-electron chi connectivity index (χ4n) is 2.21. The van der Waals surface area contributed by atoms with E-state index in [4.69, 9.17) is 4.74 Å². The minimum absolute atomic E-state index is 0.0393. The quantitative estimate of drug-likeness (QED) is 0.329. The standard InChI is InChI=1S/C19H20N4O5/c1-12-4-5-14(10-17(12)23(26)27)11-20-22-19(25)13(2)18(24)21-15-6-8-16(28-3)9-7-15/h4-11,13H,1-3H3,(H,21,24)(H,22,25). The van der Waals surface area contributed by atoms with Gasteiger partial charge in [0.1, 0.15) is 11.7 Å². The van der Waals surface area contributed by atoms with E-state index >= 15 is 0 Å². The van der Waals surface area contributed by atoms with Crippen molar-refractivity contribution in [3.63, 3.8) is 0 Å². The van der Waals surface area contributed by atoms with Gasteiger partial charge < -0.3 is 10.1 Å². The van der Waals surface area contributed by atoms with E-state index in [1.54, 1.807) is 43.3 Å². The van der Waals surface area contributed by atoms with Crippen LogP contribution in [0.15, 0.2) is 47.6 Å². The van der Waals surface area contributed by atoms with Crippen LogP contribution in [-0.2, 0) is 9.59 Å². The Bertz CT molecular complexity index is 909. The average Bonchev–Trinajstić information content (AvgIpc) is 2.68. The zero-order chi connectivity index (χ0) is 20.7. The molecule has 0 aromatic heterocycles. The third kappa shape index (κ3) is 5.37. The molecule has 0 fully saturated rings. The first-order chi connectivity index (χ1) is 13.3. The molecule has 0 radical (unpaired) electrons. The SMILES string of the molecule is COc1ccc(NC(=O)C(C)C(=O)NN=Cc2ccc(C)c([N+](=O)[O-])c2)cc1. The number of carbonyl (C=O) groups excluding carboxylic acids is 2. The Hall–Kier alpha value is -3.75. The largest absolute Gasteiger partial charge is 0.497 e. The number of nitro benzene ring substituents is 1. The molecule has 28 heavy (non-hydrogen) atoms. The number of methoxy groups -OCH3 is 1. The number of hydrazone groups is 1. The number of hydrogen-bond acceptors (Lipinski definition) is 6. The number of anilines is 1. The third-order valence-corrected chi connectivity index (χ3v) is 3.96. The monoisotopic (exact) mass is 384 g/mol. The van der Waals surface area contributed by atoms with Crippen LogP contribution in [0.1, 0.15) is 18.1 Å². The first kappa shape index (κ1) is 20.6. The summed E-state index contributed by atoms with van der Waals surface area (Å²) in [5.41, 5.74) is 3.72. The van der Waals surface area contributed by atoms with Crippen molar-refractivity contribution in [2.24, 2.45) is 11.0 Å². The molecule has 0 bridgehead atoms. The molecule has 0 aliphatic rings. The second-order valence-corrected chi connectivity index (χ2v) is 5.98. The molecule has 1 unspecified atom stereocenters. The van der Waals surface area contributed by atoms with Gasteiger partial charge in [0.2, 0.25) is 5.91 Å². The average molecular weight is 384 g/mol. The molecule has 0 aliphatic carbocycles. The number of carbonyl (C=O) groups is 2. The van der Waals surface area contributed by atoms with Crippen LogP contribution in [0.2, 0.25) is 0 Å². The fraction of sp³-hybridized carbons (Fsp3) is 0.211. The lowest BCUT2D eigenvalue weighted by Gasteiger charge is -2.11. The highest BCUT2D eigenvalue weighted by Crippen LogP contribution is 2.18. The lowest BCUT2D eigenvalue weighted by Crippen LogP contribution is -2.34. The van der Waals surface area contributed by atoms with Crippen LogP contribution in [0.4, 0.5) is 11.4 Å². The molecule has 1 atom stereocenters. The van der Waals surface area contributed by atoms with E-state index in [0.29, 0.717) is 22.6 Å². The number of nitrogens with one attached hydrogen (secondary N) is 2. The second kappa shape index (κ2) is 9.26. The van der Waals surface area contributed by atoms with Gasteiger partial charge in [0.25, 0.3) is 11.6 Å². The number of benzene rings is 2. The molecule has 0 saturated heterocycles. The molecule has 2 rings (SSSR count). The number of ether oxygens (including phenoxy) is 1. The molecule has 2 amide bonds. The number of amides is 2. The zero-order valence-corrected chi connectivity index (χ0v) is 15.6. The van der Waals surface area contributed by atoms with Crippen molar-refractivity contribution >= 4 is 29.4 Å². The first-order valence-electron chi connectivity index (χ1n) is 8.34. The summed E-state index contributed by atoms with van der Waals surface area (Å²) in [7, 11) is 1.54. The Morgan fingerprint density at radius 1 is 1.18 bits per heavy atom. The molecule has 9 nitrogen and oxygen atoms in total. The van der Waals surface area contributed by atoms with Gasteiger partial charge in [-0.1, -0.05) is 12.1 Å². The van der Waals surface area contributed by atoms with E-state index in [9.17, 15) is 19.7 Å². The summed E-state index contributed by atoms with van der Waals surface area (Å²) in [5, 5.41) is 17.3. The van der Waals surface area contributed by atoms with Crippen molar-refractivity contribution in [1.29, 1.82) is 0 Å². The van der Waals surface area contributed by atoms with Crippen LogP contribution in [0, 0.1) is 23.0 Å². The summed E-state index contributed by atoms with van der Waals surface area (Å²) < 4.78 is 5.04. The highest BCUT2D eigenvalue weighted by atomic mass is 16.6. The van der Waals surface area contributed by atoms with Crippen molar-refractivity contribution in [3.05, 3.63) is 63.7 Å². The van der Waals surface area contributed by atoms with Gasteiger partial charge in [-0.05, 0) is 38.1 Å². The van der Waals surface area contributed by atoms with Crippen LogP contribution in [-0.4, -0.2) is 30.1 Å². The van der Waals surface area contributed by atoms with E-state index in [2.05, 4.69) is 15.8 Å². The third-order valence-electron chi connectivity index (χ3n) is 3.96. The van der Waals surface area contributed by atoms with Gasteiger partial charge in [-0.25, -0.2) is 5.43 Å². The normalized spacial score (nSPS) is 11.7. The summed E-state index contributed by atoms with van der Waals surface area (Å²) in [5.74, 6) is -1.45. The van der Waals surface area contributed by atoms with Crippen LogP contribution in [0.25, 0.3) is 0 Å². The lowest BCUT2D eigenvalue weighted by atomic mass is 10.1. The number of aryl methyl sites for hydroxylation is 1. The van der Waals surface area contributed by atoms with Gasteiger partial charge in [0.05, 0.1) is 18.2 Å². The molecule has 0 aliphatic heterocycles. The van der Waals surface area contributed by atoms with Gasteiger partial charge in [-0.3, -0.25) is 19.7 Å². The van der Waals surface area contributed by atoms with Gasteiger partial charge in [0, 0.05) is 22.9 Å². The van der Waals surface area contributed by atoms with Gasteiger partial charge in [0.15, 0.2) is 0 Å². The maximum absolute atomic E-state index is 12.2. The number of nitrogens with zero attached hydrogens (tertiary/aromatic N) is 2. The van der Waals surface area contributed by atoms with Crippen molar-refractivity contribution < 1.29 is 19.2 Å². The Kier molecular flexibility index (Phi) is 6.80. The molecule has 0 spiro atoms. The Balaban J connectivity index is 1.94. The highest BCUT2D eigenvalue weighted by molar-refractivity contribution is 6.06. The fourth-order valence-corrected chi connectivity index (χ4v) is 2.21. The van der Waals surface area contributed by atoms with E-state index < -0.39 is 22.7 Å². The predicted octanol–water partition coefficient (Wildman–Crippen LogP) is 2.64. The van der Waals surface area contributed by atoms with Crippen molar-refractivity contribution in [2.75, 3.05) is 12.4 Å². The summed E-state index contributed by atoms with van der Waals surface area (Å²) in [6, 6.07) is 11.3. The molecule has 9 heteroatoms. The maximum atomic E-state index is 12.2. The van der Waals surface area contributed by atoms with Gasteiger partial charge >= 0.3 is 0 Å². The van der Waals surface area contributed by atoms with E-state index in [1.807, 2.05) is 0 Å². The molecule has 2 aromatic carbocycles. The molecule has 0 heterocycles. The van der Waals surface area contributed by atoms with Crippen LogP contribution in [0.5, 0.6) is 5.75 Å². The topological polar surface area (TPSA) is 123 Å². The zero-order valence-electron chi connectivity index (χ0n) is 15.6. The van der Waals surface area contributed by atoms with Crippen LogP contribution < -0.4 is 15.5 Å². The minimum Gasteiger partial charge on any atom is -0.497 e. The second-order valence-electron chi connectivity index (χ2n) is 5.98. The first-order valence-corrected chi connectivity index (χ1v) is 8.34. The number of nitro groups is 1. The Morgan fingerprint density at radius 2 is 1.86 bits per heavy atom. The Morgan fingerprint density at radius 3 is 2.46 bits per heavy atom. The molecule has 146 valence electrons. The summed E-state index contributed by atoms with van der Waals surface area (Å²) >= 11 is 0.